The quantitative estimate of drug-likeness (QED) is 0.433. The second kappa shape index (κ2) is 5.92. The number of fused-ring (bicyclic) bond motifs is 3. The van der Waals surface area contributed by atoms with Gasteiger partial charge in [0.2, 0.25) is 15.9 Å². The molecule has 7 N–H and O–H groups in total. The molecule has 5 atom stereocenters. The number of hydrazine groups is 2. The van der Waals surface area contributed by atoms with E-state index >= 15 is 0 Å². The van der Waals surface area contributed by atoms with Crippen molar-refractivity contribution in [1.82, 2.24) is 16.3 Å². The molecule has 0 spiro atoms. The summed E-state index contributed by atoms with van der Waals surface area (Å²) in [5.74, 6) is 0.0860. The Bertz CT molecular complexity index is 783. The lowest BCUT2D eigenvalue weighted by molar-refractivity contribution is -0.120. The van der Waals surface area contributed by atoms with Crippen LogP contribution in [0.25, 0.3) is 0 Å². The molecule has 9 nitrogen and oxygen atoms in total. The number of rotatable bonds is 3. The minimum atomic E-state index is -3.74. The van der Waals surface area contributed by atoms with Gasteiger partial charge in [0.15, 0.2) is 0 Å². The first-order chi connectivity index (χ1) is 11.9. The Balaban J connectivity index is 1.69. The van der Waals surface area contributed by atoms with Crippen molar-refractivity contribution in [2.45, 2.75) is 35.9 Å². The van der Waals surface area contributed by atoms with Crippen molar-refractivity contribution in [1.29, 1.82) is 0 Å². The summed E-state index contributed by atoms with van der Waals surface area (Å²) >= 11 is 0. The molecule has 0 radical (unpaired) electrons. The highest BCUT2D eigenvalue weighted by molar-refractivity contribution is 7.89. The second-order valence-electron chi connectivity index (χ2n) is 6.95. The van der Waals surface area contributed by atoms with Crippen molar-refractivity contribution < 1.29 is 13.2 Å². The van der Waals surface area contributed by atoms with Crippen LogP contribution in [0.5, 0.6) is 0 Å². The first-order valence-electron chi connectivity index (χ1n) is 8.32. The molecule has 1 amide bonds. The summed E-state index contributed by atoms with van der Waals surface area (Å²) in [5.41, 5.74) is 16.1. The maximum Gasteiger partial charge on any atom is 0.238 e. The van der Waals surface area contributed by atoms with E-state index in [-0.39, 0.29) is 22.8 Å². The van der Waals surface area contributed by atoms with Crippen molar-refractivity contribution in [3.63, 3.8) is 0 Å². The van der Waals surface area contributed by atoms with Crippen LogP contribution < -0.4 is 32.2 Å². The number of benzene rings is 1. The molecule has 1 aromatic carbocycles. The standard InChI is InChI=1S/C15H22N6O3S/c16-15(22)13-10-5-6-12-11(7-18-19-12)14(10)21(20-13)8-1-3-9(4-2-8)25(17,23)24/h1-4,10-14,18-20H,5-7H2,(H2,16,22)(H2,17,23,24). The Hall–Kier alpha value is -1.72. The molecule has 25 heavy (non-hydrogen) atoms. The lowest BCUT2D eigenvalue weighted by Gasteiger charge is -2.39. The van der Waals surface area contributed by atoms with E-state index in [4.69, 9.17) is 10.9 Å². The lowest BCUT2D eigenvalue weighted by atomic mass is 9.72. The van der Waals surface area contributed by atoms with Crippen molar-refractivity contribution >= 4 is 21.6 Å². The van der Waals surface area contributed by atoms with Gasteiger partial charge in [-0.2, -0.15) is 0 Å². The van der Waals surface area contributed by atoms with E-state index in [0.717, 1.165) is 25.1 Å². The Labute approximate surface area is 146 Å². The van der Waals surface area contributed by atoms with E-state index in [0.29, 0.717) is 12.0 Å². The average molecular weight is 366 g/mol. The maximum atomic E-state index is 11.9. The van der Waals surface area contributed by atoms with Crippen LogP contribution in [0.2, 0.25) is 0 Å². The summed E-state index contributed by atoms with van der Waals surface area (Å²) < 4.78 is 22.9. The number of primary sulfonamides is 1. The number of hydrogen-bond acceptors (Lipinski definition) is 7. The van der Waals surface area contributed by atoms with Gasteiger partial charge in [0.05, 0.1) is 16.6 Å². The fourth-order valence-corrected chi connectivity index (χ4v) is 4.97. The topological polar surface area (TPSA) is 143 Å². The summed E-state index contributed by atoms with van der Waals surface area (Å²) in [5, 5.41) is 7.13. The number of nitrogens with two attached hydrogens (primary N) is 2. The molecule has 1 saturated carbocycles. The van der Waals surface area contributed by atoms with Gasteiger partial charge in [-0.15, -0.1) is 0 Å². The highest BCUT2D eigenvalue weighted by Gasteiger charge is 2.53. The van der Waals surface area contributed by atoms with Crippen LogP contribution in [-0.4, -0.2) is 39.0 Å². The highest BCUT2D eigenvalue weighted by Crippen LogP contribution is 2.41. The SMILES string of the molecule is NC(=O)C1NN(c2ccc(S(N)(=O)=O)cc2)C2C3CNNC3CCC12. The van der Waals surface area contributed by atoms with Crippen molar-refractivity contribution in [3.05, 3.63) is 24.3 Å². The fourth-order valence-electron chi connectivity index (χ4n) is 4.46. The van der Waals surface area contributed by atoms with E-state index < -0.39 is 16.1 Å². The molecular formula is C15H22N6O3S. The van der Waals surface area contributed by atoms with Crippen LogP contribution in [0.15, 0.2) is 29.2 Å². The van der Waals surface area contributed by atoms with Gasteiger partial charge in [0.1, 0.15) is 6.04 Å². The molecule has 3 fully saturated rings. The van der Waals surface area contributed by atoms with Crippen molar-refractivity contribution in [2.24, 2.45) is 22.7 Å². The predicted molar refractivity (Wildman–Crippen MR) is 91.3 cm³/mol. The third-order valence-corrected chi connectivity index (χ3v) is 6.51. The largest absolute Gasteiger partial charge is 0.368 e. The van der Waals surface area contributed by atoms with Crippen LogP contribution in [0.4, 0.5) is 5.69 Å². The number of hydrogen-bond donors (Lipinski definition) is 5. The molecule has 10 heteroatoms. The van der Waals surface area contributed by atoms with Gasteiger partial charge in [-0.05, 0) is 37.1 Å². The zero-order valence-electron chi connectivity index (χ0n) is 13.6. The number of sulfonamides is 1. The molecule has 5 unspecified atom stereocenters. The lowest BCUT2D eigenvalue weighted by Crippen LogP contribution is -2.50. The number of amides is 1. The molecule has 0 bridgehead atoms. The normalized spacial score (nSPS) is 34.6. The van der Waals surface area contributed by atoms with Crippen LogP contribution in [0.1, 0.15) is 12.8 Å². The van der Waals surface area contributed by atoms with Gasteiger partial charge in [0.25, 0.3) is 0 Å². The number of anilines is 1. The first-order valence-corrected chi connectivity index (χ1v) is 9.87. The average Bonchev–Trinajstić information content (AvgIpc) is 3.18. The summed E-state index contributed by atoms with van der Waals surface area (Å²) in [4.78, 5) is 12.0. The minimum Gasteiger partial charge on any atom is -0.368 e. The summed E-state index contributed by atoms with van der Waals surface area (Å²) in [6, 6.07) is 6.37. The third-order valence-electron chi connectivity index (χ3n) is 5.58. The van der Waals surface area contributed by atoms with Crippen LogP contribution in [-0.2, 0) is 14.8 Å². The summed E-state index contributed by atoms with van der Waals surface area (Å²) in [6.45, 7) is 0.810. The number of carbonyl (C=O) groups excluding carboxylic acids is 1. The third kappa shape index (κ3) is 2.79. The van der Waals surface area contributed by atoms with Crippen molar-refractivity contribution in [2.75, 3.05) is 11.6 Å². The predicted octanol–water partition coefficient (Wildman–Crippen LogP) is -1.62. The Morgan fingerprint density at radius 2 is 1.88 bits per heavy atom. The van der Waals surface area contributed by atoms with Crippen LogP contribution in [0, 0.1) is 11.8 Å². The number of nitrogens with zero attached hydrogens (tertiary/aromatic N) is 1. The Morgan fingerprint density at radius 1 is 1.16 bits per heavy atom. The van der Waals surface area contributed by atoms with E-state index in [1.165, 1.54) is 12.1 Å². The number of carbonyl (C=O) groups is 1. The second-order valence-corrected chi connectivity index (χ2v) is 8.51. The van der Waals surface area contributed by atoms with Gasteiger partial charge in [-0.1, -0.05) is 0 Å². The molecule has 136 valence electrons. The van der Waals surface area contributed by atoms with E-state index in [1.54, 1.807) is 12.1 Å². The van der Waals surface area contributed by atoms with Crippen LogP contribution >= 0.6 is 0 Å². The van der Waals surface area contributed by atoms with Gasteiger partial charge < -0.3 is 10.7 Å². The monoisotopic (exact) mass is 366 g/mol. The van der Waals surface area contributed by atoms with Gasteiger partial charge in [-0.3, -0.25) is 15.6 Å². The Morgan fingerprint density at radius 3 is 2.52 bits per heavy atom. The summed E-state index contributed by atoms with van der Waals surface area (Å²) in [6.07, 6.45) is 1.88. The minimum absolute atomic E-state index is 0.0594. The smallest absolute Gasteiger partial charge is 0.238 e. The Kier molecular flexibility index (Phi) is 3.96. The van der Waals surface area contributed by atoms with Crippen molar-refractivity contribution in [3.8, 4) is 0 Å². The highest BCUT2D eigenvalue weighted by atomic mass is 32.2. The molecule has 2 aliphatic heterocycles. The molecule has 2 heterocycles. The van der Waals surface area contributed by atoms with Gasteiger partial charge in [-0.25, -0.2) is 19.0 Å². The summed E-state index contributed by atoms with van der Waals surface area (Å²) in [7, 11) is -3.74. The van der Waals surface area contributed by atoms with E-state index in [1.807, 2.05) is 5.01 Å². The van der Waals surface area contributed by atoms with E-state index in [9.17, 15) is 13.2 Å². The molecular weight excluding hydrogens is 344 g/mol. The van der Waals surface area contributed by atoms with E-state index in [2.05, 4.69) is 16.3 Å². The van der Waals surface area contributed by atoms with Crippen LogP contribution in [0.3, 0.4) is 0 Å². The molecule has 2 saturated heterocycles. The molecule has 1 aliphatic carbocycles. The number of primary amides is 1. The number of nitrogens with one attached hydrogen (secondary N) is 3. The zero-order valence-corrected chi connectivity index (χ0v) is 14.4. The van der Waals surface area contributed by atoms with Gasteiger partial charge >= 0.3 is 0 Å². The molecule has 1 aromatic rings. The first kappa shape index (κ1) is 16.7. The zero-order chi connectivity index (χ0) is 17.8. The molecule has 4 rings (SSSR count). The molecule has 3 aliphatic rings. The molecule has 0 aromatic heterocycles. The fraction of sp³-hybridized carbons (Fsp3) is 0.533. The van der Waals surface area contributed by atoms with Gasteiger partial charge in [0, 0.05) is 24.4 Å². The maximum absolute atomic E-state index is 11.9.